The van der Waals surface area contributed by atoms with E-state index in [0.717, 1.165) is 67.5 Å². The molecule has 272 valence electrons. The van der Waals surface area contributed by atoms with E-state index in [9.17, 15) is 0 Å². The van der Waals surface area contributed by atoms with E-state index in [0.29, 0.717) is 0 Å². The van der Waals surface area contributed by atoms with Gasteiger partial charge in [0.25, 0.3) is 0 Å². The quantitative estimate of drug-likeness (QED) is 0.152. The summed E-state index contributed by atoms with van der Waals surface area (Å²) in [5, 5.41) is 3.67. The number of ether oxygens (including phenoxy) is 1. The number of hydrogen-bond donors (Lipinski definition) is 0. The molecule has 2 aliphatic rings. The van der Waals surface area contributed by atoms with Crippen LogP contribution in [0, 0.1) is 0 Å². The maximum atomic E-state index is 6.91. The Morgan fingerprint density at radius 1 is 0.500 bits per heavy atom. The summed E-state index contributed by atoms with van der Waals surface area (Å²) in [5.41, 5.74) is 13.9. The molecule has 0 bridgehead atoms. The van der Waals surface area contributed by atoms with Crippen molar-refractivity contribution < 1.29 is 4.74 Å². The molecule has 0 atom stereocenters. The fourth-order valence-corrected chi connectivity index (χ4v) is 9.98. The zero-order valence-corrected chi connectivity index (χ0v) is 33.4. The summed E-state index contributed by atoms with van der Waals surface area (Å²) in [7, 11) is -1.46. The second-order valence-electron chi connectivity index (χ2n) is 16.5. The normalized spacial score (nSPS) is 13.4. The number of anilines is 6. The number of benzene rings is 7. The first-order valence-corrected chi connectivity index (χ1v) is 23.0. The number of rotatable bonds is 7. The highest BCUT2D eigenvalue weighted by molar-refractivity contribution is 6.88. The van der Waals surface area contributed by atoms with Crippen LogP contribution in [-0.2, 0) is 5.41 Å². The van der Waals surface area contributed by atoms with Crippen molar-refractivity contribution in [3.05, 3.63) is 181 Å². The van der Waals surface area contributed by atoms with Crippen LogP contribution in [0.4, 0.5) is 34.1 Å². The van der Waals surface area contributed by atoms with Gasteiger partial charge in [-0.15, -0.1) is 0 Å². The molecule has 0 spiro atoms. The summed E-state index contributed by atoms with van der Waals surface area (Å²) in [6, 6.07) is 57.2. The van der Waals surface area contributed by atoms with Crippen LogP contribution in [0.15, 0.2) is 170 Å². The highest BCUT2D eigenvalue weighted by Crippen LogP contribution is 2.53. The molecule has 56 heavy (non-hydrogen) atoms. The minimum absolute atomic E-state index is 0.103. The third kappa shape index (κ3) is 5.45. The second-order valence-corrected chi connectivity index (χ2v) is 21.6. The van der Waals surface area contributed by atoms with Crippen molar-refractivity contribution in [2.24, 2.45) is 0 Å². The van der Waals surface area contributed by atoms with E-state index in [1.54, 1.807) is 0 Å². The van der Waals surface area contributed by atoms with Crippen LogP contribution in [0.1, 0.15) is 25.0 Å². The lowest BCUT2D eigenvalue weighted by Gasteiger charge is -2.31. The Bertz CT molecular complexity index is 2790. The molecule has 8 aromatic rings. The van der Waals surface area contributed by atoms with Crippen molar-refractivity contribution >= 4 is 58.2 Å². The average Bonchev–Trinajstić information content (AvgIpc) is 3.45. The van der Waals surface area contributed by atoms with Gasteiger partial charge in [-0.1, -0.05) is 118 Å². The Balaban J connectivity index is 1.09. The Hall–Kier alpha value is -6.43. The zero-order chi connectivity index (χ0) is 38.2. The van der Waals surface area contributed by atoms with Crippen molar-refractivity contribution in [2.45, 2.75) is 38.9 Å². The summed E-state index contributed by atoms with van der Waals surface area (Å²) in [6.45, 7) is 11.8. The molecule has 0 saturated carbocycles. The summed E-state index contributed by atoms with van der Waals surface area (Å²) >= 11 is 0. The van der Waals surface area contributed by atoms with E-state index >= 15 is 0 Å². The van der Waals surface area contributed by atoms with Gasteiger partial charge in [0.15, 0.2) is 0 Å². The van der Waals surface area contributed by atoms with E-state index in [-0.39, 0.29) is 5.41 Å². The lowest BCUT2D eigenvalue weighted by atomic mass is 9.82. The van der Waals surface area contributed by atoms with Crippen molar-refractivity contribution in [1.82, 2.24) is 4.98 Å². The van der Waals surface area contributed by atoms with Gasteiger partial charge in [-0.05, 0) is 101 Å². The Labute approximate surface area is 330 Å². The van der Waals surface area contributed by atoms with Gasteiger partial charge in [0, 0.05) is 56.8 Å². The van der Waals surface area contributed by atoms with Crippen molar-refractivity contribution in [3.8, 4) is 33.8 Å². The maximum Gasteiger partial charge on any atom is 0.137 e. The first-order chi connectivity index (χ1) is 27.2. The van der Waals surface area contributed by atoms with Gasteiger partial charge in [0.1, 0.15) is 11.5 Å². The molecular formula is C51H43N3OSi. The number of nitrogens with zero attached hydrogens (tertiary/aromatic N) is 3. The molecule has 4 nitrogen and oxygen atoms in total. The molecule has 7 aromatic carbocycles. The molecule has 0 unspecified atom stereocenters. The molecule has 0 amide bonds. The molecule has 2 heterocycles. The van der Waals surface area contributed by atoms with Gasteiger partial charge in [-0.3, -0.25) is 4.98 Å². The monoisotopic (exact) mass is 741 g/mol. The smallest absolute Gasteiger partial charge is 0.137 e. The number of aromatic nitrogens is 1. The SMILES string of the molecule is CC1(C)c2ccccc2-c2ccc(N(c3ccccc3)c3ccc4c(c3)Oc3cccc5c(N(c6ccc([Si](C)(C)C)cc6)c6cccnc6)ccc-4c35)cc21. The van der Waals surface area contributed by atoms with Crippen LogP contribution in [-0.4, -0.2) is 13.1 Å². The van der Waals surface area contributed by atoms with Crippen molar-refractivity contribution in [2.75, 3.05) is 9.80 Å². The predicted octanol–water partition coefficient (Wildman–Crippen LogP) is 13.8. The Morgan fingerprint density at radius 3 is 1.93 bits per heavy atom. The fourth-order valence-electron chi connectivity index (χ4n) is 8.82. The maximum absolute atomic E-state index is 6.91. The molecule has 0 saturated heterocycles. The van der Waals surface area contributed by atoms with Gasteiger partial charge in [-0.2, -0.15) is 0 Å². The third-order valence-corrected chi connectivity index (χ3v) is 13.8. The summed E-state index contributed by atoms with van der Waals surface area (Å²) in [4.78, 5) is 9.19. The zero-order valence-electron chi connectivity index (χ0n) is 32.4. The standard InChI is InChI=1S/C51H43N3OSi/c1-51(2)45-18-10-9-16-40(45)41-26-22-36(31-46(41)51)53(34-13-7-6-8-14-34)37-23-27-42-43-28-29-47(44-17-11-19-48(50(43)44)55-49(42)32-37)54(38-15-12-30-52-33-38)35-20-24-39(25-21-35)56(3,4)5/h6-33H,1-5H3. The van der Waals surface area contributed by atoms with E-state index < -0.39 is 8.07 Å². The molecular weight excluding hydrogens is 699 g/mol. The highest BCUT2D eigenvalue weighted by atomic mass is 28.3. The second kappa shape index (κ2) is 12.8. The first-order valence-electron chi connectivity index (χ1n) is 19.5. The van der Waals surface area contributed by atoms with Gasteiger partial charge < -0.3 is 14.5 Å². The molecule has 0 fully saturated rings. The molecule has 5 heteroatoms. The Morgan fingerprint density at radius 2 is 1.16 bits per heavy atom. The van der Waals surface area contributed by atoms with Crippen molar-refractivity contribution in [3.63, 3.8) is 0 Å². The van der Waals surface area contributed by atoms with Gasteiger partial charge in [0.05, 0.1) is 25.6 Å². The molecule has 0 N–H and O–H groups in total. The van der Waals surface area contributed by atoms with Crippen LogP contribution < -0.4 is 19.7 Å². The van der Waals surface area contributed by atoms with E-state index in [1.165, 1.54) is 27.4 Å². The van der Waals surface area contributed by atoms with Crippen molar-refractivity contribution in [1.29, 1.82) is 0 Å². The third-order valence-electron chi connectivity index (χ3n) is 11.7. The Kier molecular flexibility index (Phi) is 7.81. The summed E-state index contributed by atoms with van der Waals surface area (Å²) in [6.07, 6.45) is 3.77. The summed E-state index contributed by atoms with van der Waals surface area (Å²) < 4.78 is 6.91. The molecule has 10 rings (SSSR count). The lowest BCUT2D eigenvalue weighted by molar-refractivity contribution is 0.487. The van der Waals surface area contributed by atoms with Gasteiger partial charge in [-0.25, -0.2) is 0 Å². The first kappa shape index (κ1) is 34.1. The largest absolute Gasteiger partial charge is 0.456 e. The predicted molar refractivity (Wildman–Crippen MR) is 237 cm³/mol. The average molecular weight is 742 g/mol. The van der Waals surface area contributed by atoms with Crippen LogP contribution in [0.3, 0.4) is 0 Å². The van der Waals surface area contributed by atoms with E-state index in [2.05, 4.69) is 200 Å². The number of para-hydroxylation sites is 1. The van der Waals surface area contributed by atoms with E-state index in [1.807, 2.05) is 18.5 Å². The number of pyridine rings is 1. The molecule has 1 aliphatic heterocycles. The van der Waals surface area contributed by atoms with Crippen LogP contribution >= 0.6 is 0 Å². The van der Waals surface area contributed by atoms with Crippen LogP contribution in [0.5, 0.6) is 11.5 Å². The minimum Gasteiger partial charge on any atom is -0.456 e. The molecule has 1 aromatic heterocycles. The lowest BCUT2D eigenvalue weighted by Crippen LogP contribution is -2.37. The molecule has 1 aliphatic carbocycles. The molecule has 0 radical (unpaired) electrons. The van der Waals surface area contributed by atoms with Gasteiger partial charge >= 0.3 is 0 Å². The minimum atomic E-state index is -1.46. The topological polar surface area (TPSA) is 28.6 Å². The number of fused-ring (bicyclic) bond motifs is 5. The van der Waals surface area contributed by atoms with E-state index in [4.69, 9.17) is 4.74 Å². The van der Waals surface area contributed by atoms with Gasteiger partial charge in [0.2, 0.25) is 0 Å². The van der Waals surface area contributed by atoms with Crippen LogP contribution in [0.2, 0.25) is 19.6 Å². The fraction of sp³-hybridized carbons (Fsp3) is 0.118. The summed E-state index contributed by atoms with van der Waals surface area (Å²) in [5.74, 6) is 1.70. The van der Waals surface area contributed by atoms with Crippen LogP contribution in [0.25, 0.3) is 33.0 Å². The number of hydrogen-bond acceptors (Lipinski definition) is 4. The highest BCUT2D eigenvalue weighted by Gasteiger charge is 2.36.